The van der Waals surface area contributed by atoms with Crippen LogP contribution in [0.1, 0.15) is 6.23 Å². The molecule has 1 saturated heterocycles. The lowest BCUT2D eigenvalue weighted by atomic mass is 9.99. The zero-order chi connectivity index (χ0) is 14.2. The van der Waals surface area contributed by atoms with Gasteiger partial charge < -0.3 is 14.9 Å². The summed E-state index contributed by atoms with van der Waals surface area (Å²) in [6, 6.07) is 1.03. The molecule has 0 saturated carbocycles. The molecule has 19 heavy (non-hydrogen) atoms. The summed E-state index contributed by atoms with van der Waals surface area (Å²) in [5.74, 6) is -1.82. The van der Waals surface area contributed by atoms with Gasteiger partial charge in [0.15, 0.2) is 6.23 Å². The summed E-state index contributed by atoms with van der Waals surface area (Å²) < 4.78 is 19.7. The van der Waals surface area contributed by atoms with E-state index in [9.17, 15) is 19.1 Å². The second-order valence-corrected chi connectivity index (χ2v) is 4.11. The van der Waals surface area contributed by atoms with E-state index in [0.717, 1.165) is 16.8 Å². The predicted molar refractivity (Wildman–Crippen MR) is 60.7 cm³/mol. The van der Waals surface area contributed by atoms with Gasteiger partial charge >= 0.3 is 5.69 Å². The van der Waals surface area contributed by atoms with Gasteiger partial charge in [-0.2, -0.15) is 0 Å². The van der Waals surface area contributed by atoms with Crippen LogP contribution in [-0.4, -0.2) is 38.3 Å². The maximum atomic E-state index is 14.0. The Morgan fingerprint density at radius 1 is 1.63 bits per heavy atom. The van der Waals surface area contributed by atoms with E-state index in [2.05, 4.69) is 5.92 Å². The minimum atomic E-state index is -2.75. The molecule has 4 unspecified atom stereocenters. The van der Waals surface area contributed by atoms with Crippen molar-refractivity contribution in [3.05, 3.63) is 33.1 Å². The average molecular weight is 270 g/mol. The molecule has 1 aliphatic heterocycles. The second kappa shape index (κ2) is 4.62. The van der Waals surface area contributed by atoms with E-state index in [1.165, 1.54) is 0 Å². The van der Waals surface area contributed by atoms with Crippen LogP contribution in [0.25, 0.3) is 0 Å². The fraction of sp³-hybridized carbons (Fsp3) is 0.455. The first-order chi connectivity index (χ1) is 8.92. The standard InChI is InChI=1S/C11H11FN2O5/c1-2-6-8(17)11(12,5-15)19-9(6)14-4-3-7(16)13-10(14)18/h1,3-4,6,8-9,15,17H,5H2,(H,13,16,18). The number of aromatic amines is 1. The molecule has 0 aliphatic carbocycles. The first kappa shape index (κ1) is 13.5. The Morgan fingerprint density at radius 2 is 2.32 bits per heavy atom. The second-order valence-electron chi connectivity index (χ2n) is 4.11. The molecular formula is C11H11FN2O5. The third-order valence-corrected chi connectivity index (χ3v) is 2.94. The number of alkyl halides is 1. The number of halogens is 1. The largest absolute Gasteiger partial charge is 0.390 e. The zero-order valence-electron chi connectivity index (χ0n) is 9.62. The summed E-state index contributed by atoms with van der Waals surface area (Å²) in [5, 5.41) is 18.6. The molecule has 2 heterocycles. The van der Waals surface area contributed by atoms with Crippen LogP contribution in [0.15, 0.2) is 21.9 Å². The number of H-pyrrole nitrogens is 1. The van der Waals surface area contributed by atoms with Gasteiger partial charge in [-0.1, -0.05) is 5.92 Å². The zero-order valence-corrected chi connectivity index (χ0v) is 9.62. The maximum Gasteiger partial charge on any atom is 0.330 e. The van der Waals surface area contributed by atoms with E-state index in [1.807, 2.05) is 4.98 Å². The lowest BCUT2D eigenvalue weighted by Crippen LogP contribution is -2.40. The highest BCUT2D eigenvalue weighted by Crippen LogP contribution is 2.41. The van der Waals surface area contributed by atoms with Crippen LogP contribution >= 0.6 is 0 Å². The maximum absolute atomic E-state index is 14.0. The van der Waals surface area contributed by atoms with Gasteiger partial charge in [0, 0.05) is 12.3 Å². The van der Waals surface area contributed by atoms with Crippen molar-refractivity contribution in [1.29, 1.82) is 0 Å². The highest BCUT2D eigenvalue weighted by atomic mass is 19.2. The quantitative estimate of drug-likeness (QED) is 0.558. The highest BCUT2D eigenvalue weighted by molar-refractivity contribution is 5.08. The van der Waals surface area contributed by atoms with Gasteiger partial charge in [0.05, 0.1) is 5.92 Å². The number of nitrogens with one attached hydrogen (secondary N) is 1. The van der Waals surface area contributed by atoms with Crippen LogP contribution in [0.2, 0.25) is 0 Å². The third-order valence-electron chi connectivity index (χ3n) is 2.94. The molecule has 1 aliphatic rings. The summed E-state index contributed by atoms with van der Waals surface area (Å²) in [6.45, 7) is -1.11. The van der Waals surface area contributed by atoms with Gasteiger partial charge in [-0.15, -0.1) is 6.42 Å². The summed E-state index contributed by atoms with van der Waals surface area (Å²) in [4.78, 5) is 24.5. The molecule has 7 nitrogen and oxygen atoms in total. The van der Waals surface area contributed by atoms with Crippen molar-refractivity contribution in [3.8, 4) is 12.3 Å². The molecule has 1 aromatic heterocycles. The molecule has 0 amide bonds. The summed E-state index contributed by atoms with van der Waals surface area (Å²) >= 11 is 0. The first-order valence-corrected chi connectivity index (χ1v) is 5.36. The summed E-state index contributed by atoms with van der Waals surface area (Å²) in [6.07, 6.45) is 3.15. The average Bonchev–Trinajstić information content (AvgIpc) is 2.62. The minimum Gasteiger partial charge on any atom is -0.390 e. The molecule has 0 spiro atoms. The van der Waals surface area contributed by atoms with E-state index < -0.39 is 42.0 Å². The van der Waals surface area contributed by atoms with E-state index in [4.69, 9.17) is 16.3 Å². The normalized spacial score (nSPS) is 34.1. The monoisotopic (exact) mass is 270 g/mol. The van der Waals surface area contributed by atoms with Gasteiger partial charge in [-0.3, -0.25) is 14.3 Å². The fourth-order valence-corrected chi connectivity index (χ4v) is 1.93. The van der Waals surface area contributed by atoms with Crippen LogP contribution in [0.5, 0.6) is 0 Å². The van der Waals surface area contributed by atoms with Crippen LogP contribution in [0.3, 0.4) is 0 Å². The lowest BCUT2D eigenvalue weighted by molar-refractivity contribution is -0.207. The number of terminal acetylenes is 1. The topological polar surface area (TPSA) is 105 Å². The van der Waals surface area contributed by atoms with Crippen LogP contribution < -0.4 is 11.2 Å². The van der Waals surface area contributed by atoms with E-state index in [1.54, 1.807) is 0 Å². The molecule has 2 rings (SSSR count). The molecule has 1 aromatic rings. The van der Waals surface area contributed by atoms with Crippen molar-refractivity contribution in [2.24, 2.45) is 5.92 Å². The van der Waals surface area contributed by atoms with Gasteiger partial charge in [0.1, 0.15) is 12.7 Å². The third kappa shape index (κ3) is 2.08. The molecule has 102 valence electrons. The highest BCUT2D eigenvalue weighted by Gasteiger charge is 2.55. The van der Waals surface area contributed by atoms with Gasteiger partial charge in [0.2, 0.25) is 0 Å². The number of hydrogen-bond acceptors (Lipinski definition) is 5. The number of hydrogen-bond donors (Lipinski definition) is 3. The molecular weight excluding hydrogens is 259 g/mol. The fourth-order valence-electron chi connectivity index (χ4n) is 1.93. The molecule has 0 aromatic carbocycles. The molecule has 4 atom stereocenters. The van der Waals surface area contributed by atoms with Crippen LogP contribution in [0, 0.1) is 18.3 Å². The van der Waals surface area contributed by atoms with Crippen molar-refractivity contribution < 1.29 is 19.3 Å². The number of aromatic nitrogens is 2. The van der Waals surface area contributed by atoms with E-state index in [0.29, 0.717) is 0 Å². The van der Waals surface area contributed by atoms with Crippen molar-refractivity contribution >= 4 is 0 Å². The molecule has 8 heteroatoms. The number of aliphatic hydroxyl groups excluding tert-OH is 2. The number of rotatable bonds is 2. The van der Waals surface area contributed by atoms with Gasteiger partial charge in [0.25, 0.3) is 11.4 Å². The van der Waals surface area contributed by atoms with Crippen molar-refractivity contribution in [1.82, 2.24) is 9.55 Å². The predicted octanol–water partition coefficient (Wildman–Crippen LogP) is -1.67. The molecule has 3 N–H and O–H groups in total. The van der Waals surface area contributed by atoms with Crippen LogP contribution in [0.4, 0.5) is 4.39 Å². The first-order valence-electron chi connectivity index (χ1n) is 5.36. The van der Waals surface area contributed by atoms with E-state index in [-0.39, 0.29) is 0 Å². The van der Waals surface area contributed by atoms with Crippen LogP contribution in [-0.2, 0) is 4.74 Å². The minimum absolute atomic E-state index is 0.634. The van der Waals surface area contributed by atoms with Crippen molar-refractivity contribution in [2.45, 2.75) is 18.2 Å². The van der Waals surface area contributed by atoms with Gasteiger partial charge in [-0.05, 0) is 0 Å². The van der Waals surface area contributed by atoms with Crippen molar-refractivity contribution in [3.63, 3.8) is 0 Å². The Kier molecular flexibility index (Phi) is 3.28. The smallest absolute Gasteiger partial charge is 0.330 e. The van der Waals surface area contributed by atoms with Gasteiger partial charge in [-0.25, -0.2) is 9.18 Å². The Balaban J connectivity index is 2.48. The Bertz CT molecular complexity index is 633. The molecule has 0 radical (unpaired) electrons. The SMILES string of the molecule is C#CC1C(n2ccc(=O)[nH]c2=O)OC(F)(CO)C1O. The lowest BCUT2D eigenvalue weighted by Gasteiger charge is -2.20. The number of aliphatic hydroxyl groups is 2. The summed E-state index contributed by atoms with van der Waals surface area (Å²) in [7, 11) is 0. The van der Waals surface area contributed by atoms with Crippen molar-refractivity contribution in [2.75, 3.05) is 6.61 Å². The van der Waals surface area contributed by atoms with E-state index >= 15 is 0 Å². The molecule has 1 fully saturated rings. The summed E-state index contributed by atoms with van der Waals surface area (Å²) in [5.41, 5.74) is -1.49. The Hall–Kier alpha value is -1.95. The Labute approximate surface area is 106 Å². The molecule has 0 bridgehead atoms. The number of nitrogens with zero attached hydrogens (tertiary/aromatic N) is 1. The Morgan fingerprint density at radius 3 is 2.84 bits per heavy atom. The number of ether oxygens (including phenoxy) is 1.